The zero-order valence-electron chi connectivity index (χ0n) is 22.8. The molecule has 3 heterocycles. The van der Waals surface area contributed by atoms with Crippen LogP contribution in [0.3, 0.4) is 0 Å². The van der Waals surface area contributed by atoms with E-state index in [0.717, 1.165) is 42.9 Å². The monoisotopic (exact) mass is 543 g/mol. The van der Waals surface area contributed by atoms with E-state index in [4.69, 9.17) is 9.72 Å². The number of benzene rings is 1. The lowest BCUT2D eigenvalue weighted by Crippen LogP contribution is -2.53. The first-order valence-electron chi connectivity index (χ1n) is 14.0. The first-order valence-corrected chi connectivity index (χ1v) is 15.4. The smallest absolute Gasteiger partial charge is 0.240 e. The molecule has 3 fully saturated rings. The molecule has 5 rings (SSSR count). The molecule has 3 aliphatic rings. The van der Waals surface area contributed by atoms with Crippen LogP contribution in [-0.2, 0) is 19.6 Å². The number of nitrogens with one attached hydrogen (secondary N) is 1. The van der Waals surface area contributed by atoms with Gasteiger partial charge in [0.15, 0.2) is 0 Å². The number of nitrogens with zero attached hydrogens (tertiary/aromatic N) is 4. The SMILES string of the molecule is CC(C)[C@H]1COCCN1C(=O)C1CCC(NS(=O)(=O)c2ccc3nc(N4CCN(C)CC4)ccc3c2)CC1. The molecule has 1 amide bonds. The molecule has 2 saturated heterocycles. The topological polar surface area (TPSA) is 95.1 Å². The van der Waals surface area contributed by atoms with Crippen molar-refractivity contribution in [1.82, 2.24) is 19.5 Å². The fourth-order valence-electron chi connectivity index (χ4n) is 5.90. The summed E-state index contributed by atoms with van der Waals surface area (Å²) in [7, 11) is -1.55. The Morgan fingerprint density at radius 3 is 2.47 bits per heavy atom. The maximum atomic E-state index is 13.3. The van der Waals surface area contributed by atoms with Crippen LogP contribution in [-0.4, -0.2) is 94.2 Å². The molecular formula is C28H41N5O4S. The van der Waals surface area contributed by atoms with E-state index in [1.165, 1.54) is 0 Å². The number of amides is 1. The first kappa shape index (κ1) is 27.3. The van der Waals surface area contributed by atoms with E-state index in [2.05, 4.69) is 35.4 Å². The quantitative estimate of drug-likeness (QED) is 0.599. The van der Waals surface area contributed by atoms with Gasteiger partial charge in [-0.3, -0.25) is 4.79 Å². The van der Waals surface area contributed by atoms with Gasteiger partial charge in [0.2, 0.25) is 15.9 Å². The largest absolute Gasteiger partial charge is 0.377 e. The van der Waals surface area contributed by atoms with Crippen molar-refractivity contribution in [2.24, 2.45) is 11.8 Å². The van der Waals surface area contributed by atoms with Gasteiger partial charge in [-0.1, -0.05) is 13.8 Å². The summed E-state index contributed by atoms with van der Waals surface area (Å²) in [6, 6.07) is 9.04. The summed E-state index contributed by atoms with van der Waals surface area (Å²) in [5, 5.41) is 0.810. The Morgan fingerprint density at radius 1 is 1.03 bits per heavy atom. The molecule has 0 unspecified atom stereocenters. The van der Waals surface area contributed by atoms with Gasteiger partial charge in [0.1, 0.15) is 5.82 Å². The molecule has 0 bridgehead atoms. The Morgan fingerprint density at radius 2 is 1.76 bits per heavy atom. The lowest BCUT2D eigenvalue weighted by molar-refractivity contribution is -0.147. The summed E-state index contributed by atoms with van der Waals surface area (Å²) in [6.07, 6.45) is 2.72. The molecule has 10 heteroatoms. The van der Waals surface area contributed by atoms with E-state index >= 15 is 0 Å². The number of hydrogen-bond donors (Lipinski definition) is 1. The van der Waals surface area contributed by atoms with Crippen LogP contribution in [0.5, 0.6) is 0 Å². The van der Waals surface area contributed by atoms with Gasteiger partial charge < -0.3 is 19.4 Å². The number of hydrogen-bond acceptors (Lipinski definition) is 7. The van der Waals surface area contributed by atoms with Gasteiger partial charge in [0, 0.05) is 50.1 Å². The van der Waals surface area contributed by atoms with Crippen LogP contribution in [0.15, 0.2) is 35.2 Å². The van der Waals surface area contributed by atoms with E-state index in [-0.39, 0.29) is 28.8 Å². The third kappa shape index (κ3) is 5.98. The van der Waals surface area contributed by atoms with Crippen molar-refractivity contribution >= 4 is 32.7 Å². The van der Waals surface area contributed by atoms with E-state index < -0.39 is 10.0 Å². The maximum absolute atomic E-state index is 13.3. The number of carbonyl (C=O) groups is 1. The molecule has 38 heavy (non-hydrogen) atoms. The predicted octanol–water partition coefficient (Wildman–Crippen LogP) is 2.71. The van der Waals surface area contributed by atoms with Crippen LogP contribution in [0.1, 0.15) is 39.5 Å². The van der Waals surface area contributed by atoms with Crippen molar-refractivity contribution in [2.45, 2.75) is 56.5 Å². The minimum absolute atomic E-state index is 0.0450. The van der Waals surface area contributed by atoms with Crippen molar-refractivity contribution in [3.05, 3.63) is 30.3 Å². The molecule has 2 aliphatic heterocycles. The molecule has 1 atom stereocenters. The third-order valence-corrected chi connectivity index (χ3v) is 9.92. The second-order valence-corrected chi connectivity index (χ2v) is 13.1. The molecule has 1 aliphatic carbocycles. The molecule has 9 nitrogen and oxygen atoms in total. The highest BCUT2D eigenvalue weighted by atomic mass is 32.2. The second-order valence-electron chi connectivity index (χ2n) is 11.4. The molecule has 1 aromatic heterocycles. The molecule has 2 aromatic rings. The Bertz CT molecular complexity index is 1240. The lowest BCUT2D eigenvalue weighted by Gasteiger charge is -2.41. The molecule has 1 saturated carbocycles. The number of morpholine rings is 1. The first-order chi connectivity index (χ1) is 18.2. The minimum atomic E-state index is -3.67. The average Bonchev–Trinajstić information content (AvgIpc) is 2.92. The second kappa shape index (κ2) is 11.5. The summed E-state index contributed by atoms with van der Waals surface area (Å²) < 4.78 is 35.0. The molecular weight excluding hydrogens is 502 g/mol. The van der Waals surface area contributed by atoms with Gasteiger partial charge in [0.05, 0.1) is 29.7 Å². The van der Waals surface area contributed by atoms with Gasteiger partial charge in [-0.15, -0.1) is 0 Å². The Hall–Kier alpha value is -2.27. The van der Waals surface area contributed by atoms with E-state index in [9.17, 15) is 13.2 Å². The number of rotatable bonds is 6. The number of ether oxygens (including phenoxy) is 1. The zero-order chi connectivity index (χ0) is 26.9. The fraction of sp³-hybridized carbons (Fsp3) is 0.643. The molecule has 0 radical (unpaired) electrons. The van der Waals surface area contributed by atoms with Crippen LogP contribution in [0, 0.1) is 11.8 Å². The van der Waals surface area contributed by atoms with Crippen LogP contribution >= 0.6 is 0 Å². The number of fused-ring (bicyclic) bond motifs is 1. The van der Waals surface area contributed by atoms with Gasteiger partial charge >= 0.3 is 0 Å². The number of aromatic nitrogens is 1. The van der Waals surface area contributed by atoms with Gasteiger partial charge in [0.25, 0.3) is 0 Å². The van der Waals surface area contributed by atoms with Crippen molar-refractivity contribution < 1.29 is 17.9 Å². The molecule has 0 spiro atoms. The number of pyridine rings is 1. The number of sulfonamides is 1. The standard InChI is InChI=1S/C28H41N5O4S/c1-20(2)26-19-37-17-16-33(26)28(34)21-4-7-23(8-5-21)30-38(35,36)24-9-10-25-22(18-24)6-11-27(29-25)32-14-12-31(3)13-15-32/h6,9-11,18,20-21,23,26,30H,4-5,7-8,12-17,19H2,1-3H3/t21?,23?,26-/m1/s1. The molecule has 1 N–H and O–H groups in total. The normalized spacial score (nSPS) is 25.7. The summed E-state index contributed by atoms with van der Waals surface area (Å²) in [5.74, 6) is 1.43. The number of carbonyl (C=O) groups excluding carboxylic acids is 1. The highest BCUT2D eigenvalue weighted by Gasteiger charge is 2.36. The van der Waals surface area contributed by atoms with Crippen LogP contribution in [0.25, 0.3) is 10.9 Å². The Balaban J connectivity index is 1.20. The van der Waals surface area contributed by atoms with Crippen LogP contribution < -0.4 is 9.62 Å². The third-order valence-electron chi connectivity index (χ3n) is 8.40. The lowest BCUT2D eigenvalue weighted by atomic mass is 9.85. The summed E-state index contributed by atoms with van der Waals surface area (Å²) in [6.45, 7) is 9.95. The van der Waals surface area contributed by atoms with E-state index in [1.54, 1.807) is 18.2 Å². The van der Waals surface area contributed by atoms with Crippen molar-refractivity contribution in [3.8, 4) is 0 Å². The fourth-order valence-corrected chi connectivity index (χ4v) is 7.24. The molecule has 208 valence electrons. The van der Waals surface area contributed by atoms with E-state index in [1.807, 2.05) is 17.0 Å². The Kier molecular flexibility index (Phi) is 8.23. The van der Waals surface area contributed by atoms with E-state index in [0.29, 0.717) is 51.4 Å². The van der Waals surface area contributed by atoms with Gasteiger partial charge in [-0.05, 0) is 69.0 Å². The Labute approximate surface area is 226 Å². The molecule has 1 aromatic carbocycles. The van der Waals surface area contributed by atoms with Crippen LogP contribution in [0.2, 0.25) is 0 Å². The summed E-state index contributed by atoms with van der Waals surface area (Å²) in [5.41, 5.74) is 0.794. The van der Waals surface area contributed by atoms with Crippen molar-refractivity contribution in [1.29, 1.82) is 0 Å². The van der Waals surface area contributed by atoms with Gasteiger partial charge in [-0.2, -0.15) is 0 Å². The number of anilines is 1. The van der Waals surface area contributed by atoms with Crippen LogP contribution in [0.4, 0.5) is 5.82 Å². The summed E-state index contributed by atoms with van der Waals surface area (Å²) >= 11 is 0. The highest BCUT2D eigenvalue weighted by Crippen LogP contribution is 2.30. The average molecular weight is 544 g/mol. The summed E-state index contributed by atoms with van der Waals surface area (Å²) in [4.78, 5) is 24.9. The van der Waals surface area contributed by atoms with Crippen molar-refractivity contribution in [2.75, 3.05) is 57.9 Å². The van der Waals surface area contributed by atoms with Crippen molar-refractivity contribution in [3.63, 3.8) is 0 Å². The van der Waals surface area contributed by atoms with Gasteiger partial charge in [-0.25, -0.2) is 18.1 Å². The predicted molar refractivity (Wildman–Crippen MR) is 149 cm³/mol. The zero-order valence-corrected chi connectivity index (χ0v) is 23.6. The minimum Gasteiger partial charge on any atom is -0.377 e. The number of likely N-dealkylation sites (N-methyl/N-ethyl adjacent to an activating group) is 1. The highest BCUT2D eigenvalue weighted by molar-refractivity contribution is 7.89. The number of piperazine rings is 1. The maximum Gasteiger partial charge on any atom is 0.240 e.